The average Bonchev–Trinajstić information content (AvgIpc) is 2.91. The fraction of sp³-hybridized carbons (Fsp3) is 0.357. The summed E-state index contributed by atoms with van der Waals surface area (Å²) < 4.78 is 1.92. The summed E-state index contributed by atoms with van der Waals surface area (Å²) in [5.74, 6) is 0.0904. The number of oxime groups is 1. The number of hydrogen-bond donors (Lipinski definition) is 2. The minimum atomic E-state index is 0.0904. The third-order valence-corrected chi connectivity index (χ3v) is 4.69. The Balaban J connectivity index is 2.06. The quantitative estimate of drug-likeness (QED) is 0.391. The maximum absolute atomic E-state index is 9.00. The summed E-state index contributed by atoms with van der Waals surface area (Å²) in [6.07, 6.45) is 7.93. The van der Waals surface area contributed by atoms with Crippen molar-refractivity contribution in [3.8, 4) is 0 Å². The summed E-state index contributed by atoms with van der Waals surface area (Å²) in [6.45, 7) is 0. The monoisotopic (exact) mass is 303 g/mol. The van der Waals surface area contributed by atoms with E-state index in [0.717, 1.165) is 41.6 Å². The second-order valence-electron chi connectivity index (χ2n) is 5.06. The zero-order valence-corrected chi connectivity index (χ0v) is 12.6. The van der Waals surface area contributed by atoms with Gasteiger partial charge in [-0.2, -0.15) is 0 Å². The van der Waals surface area contributed by atoms with Gasteiger partial charge in [0.05, 0.1) is 5.56 Å². The van der Waals surface area contributed by atoms with E-state index in [9.17, 15) is 0 Å². The van der Waals surface area contributed by atoms with Crippen LogP contribution in [-0.4, -0.2) is 25.6 Å². The fourth-order valence-electron chi connectivity index (χ4n) is 2.47. The molecule has 7 heteroatoms. The molecule has 21 heavy (non-hydrogen) atoms. The van der Waals surface area contributed by atoms with Crippen LogP contribution in [-0.2, 0) is 19.9 Å². The highest BCUT2D eigenvalue weighted by Gasteiger charge is 2.19. The topological polar surface area (TPSA) is 89.3 Å². The third-order valence-electron chi connectivity index (χ3n) is 3.61. The van der Waals surface area contributed by atoms with Gasteiger partial charge in [0.1, 0.15) is 5.03 Å². The maximum Gasteiger partial charge on any atom is 0.174 e. The molecule has 110 valence electrons. The maximum atomic E-state index is 9.00. The van der Waals surface area contributed by atoms with Crippen LogP contribution in [0.2, 0.25) is 0 Å². The highest BCUT2D eigenvalue weighted by atomic mass is 32.2. The summed E-state index contributed by atoms with van der Waals surface area (Å²) in [4.78, 5) is 9.03. The Bertz CT molecular complexity index is 695. The number of imidazole rings is 1. The number of rotatable bonds is 3. The van der Waals surface area contributed by atoms with E-state index < -0.39 is 0 Å². The van der Waals surface area contributed by atoms with Gasteiger partial charge in [-0.25, -0.2) is 9.97 Å². The molecule has 0 unspecified atom stereocenters. The predicted octanol–water partition coefficient (Wildman–Crippen LogP) is 1.94. The Morgan fingerprint density at radius 1 is 1.43 bits per heavy atom. The lowest BCUT2D eigenvalue weighted by atomic mass is 9.95. The Labute approximate surface area is 127 Å². The summed E-state index contributed by atoms with van der Waals surface area (Å²) in [5.41, 5.74) is 8.81. The van der Waals surface area contributed by atoms with Gasteiger partial charge in [0.15, 0.2) is 11.0 Å². The summed E-state index contributed by atoms with van der Waals surface area (Å²) in [7, 11) is 1.93. The van der Waals surface area contributed by atoms with Crippen LogP contribution < -0.4 is 5.73 Å². The Kier molecular flexibility index (Phi) is 3.83. The largest absolute Gasteiger partial charge is 0.409 e. The molecule has 0 spiro atoms. The van der Waals surface area contributed by atoms with E-state index in [4.69, 9.17) is 15.9 Å². The number of nitrogens with two attached hydrogens (primary N) is 1. The number of nitrogens with zero attached hydrogens (tertiary/aromatic N) is 4. The van der Waals surface area contributed by atoms with Gasteiger partial charge in [0.2, 0.25) is 0 Å². The van der Waals surface area contributed by atoms with Crippen LogP contribution in [0.15, 0.2) is 33.8 Å². The molecule has 0 saturated heterocycles. The van der Waals surface area contributed by atoms with Crippen molar-refractivity contribution in [2.45, 2.75) is 35.9 Å². The van der Waals surface area contributed by atoms with E-state index in [-0.39, 0.29) is 5.84 Å². The lowest BCUT2D eigenvalue weighted by Gasteiger charge is -2.18. The molecule has 0 saturated carbocycles. The lowest BCUT2D eigenvalue weighted by Crippen LogP contribution is -2.18. The van der Waals surface area contributed by atoms with E-state index in [1.165, 1.54) is 17.3 Å². The molecule has 2 heterocycles. The number of hydrogen-bond acceptors (Lipinski definition) is 5. The molecular weight excluding hydrogens is 286 g/mol. The van der Waals surface area contributed by atoms with E-state index in [1.54, 1.807) is 6.20 Å². The highest BCUT2D eigenvalue weighted by molar-refractivity contribution is 7.99. The number of amidine groups is 1. The van der Waals surface area contributed by atoms with Crippen molar-refractivity contribution < 1.29 is 5.21 Å². The zero-order chi connectivity index (χ0) is 14.8. The van der Waals surface area contributed by atoms with Crippen molar-refractivity contribution in [1.29, 1.82) is 0 Å². The minimum absolute atomic E-state index is 0.0904. The van der Waals surface area contributed by atoms with Gasteiger partial charge < -0.3 is 15.5 Å². The van der Waals surface area contributed by atoms with Gasteiger partial charge in [0.25, 0.3) is 0 Å². The van der Waals surface area contributed by atoms with Crippen LogP contribution in [0.3, 0.4) is 0 Å². The van der Waals surface area contributed by atoms with Crippen LogP contribution in [0.4, 0.5) is 0 Å². The average molecular weight is 303 g/mol. The van der Waals surface area contributed by atoms with Gasteiger partial charge in [-0.3, -0.25) is 0 Å². The molecule has 2 aromatic heterocycles. The van der Waals surface area contributed by atoms with E-state index in [0.29, 0.717) is 5.56 Å². The minimum Gasteiger partial charge on any atom is -0.409 e. The van der Waals surface area contributed by atoms with Crippen molar-refractivity contribution in [2.75, 3.05) is 0 Å². The first kappa shape index (κ1) is 13.9. The van der Waals surface area contributed by atoms with Crippen molar-refractivity contribution in [2.24, 2.45) is 17.9 Å². The van der Waals surface area contributed by atoms with Crippen molar-refractivity contribution >= 4 is 17.6 Å². The molecule has 0 aromatic carbocycles. The van der Waals surface area contributed by atoms with Crippen molar-refractivity contribution in [3.63, 3.8) is 0 Å². The zero-order valence-electron chi connectivity index (χ0n) is 11.8. The van der Waals surface area contributed by atoms with Crippen molar-refractivity contribution in [3.05, 3.63) is 35.3 Å². The Morgan fingerprint density at radius 3 is 2.95 bits per heavy atom. The second kappa shape index (κ2) is 5.77. The summed E-state index contributed by atoms with van der Waals surface area (Å²) in [5, 5.41) is 13.7. The molecule has 0 amide bonds. The molecule has 0 radical (unpaired) electrons. The Hall–Kier alpha value is -2.02. The number of fused-ring (bicyclic) bond motifs is 1. The van der Waals surface area contributed by atoms with Crippen LogP contribution >= 0.6 is 11.8 Å². The molecule has 1 aliphatic carbocycles. The standard InChI is InChI=1S/C14H17N5OS/c1-19-7-6-16-14(19)21-13-10(12(15)18-20)8-9-4-2-3-5-11(9)17-13/h6-8,20H,2-5H2,1H3,(H2,15,18). The predicted molar refractivity (Wildman–Crippen MR) is 80.7 cm³/mol. The molecule has 0 atom stereocenters. The molecule has 0 aliphatic heterocycles. The van der Waals surface area contributed by atoms with E-state index in [1.807, 2.05) is 23.9 Å². The first-order valence-corrected chi connectivity index (χ1v) is 7.66. The Morgan fingerprint density at radius 2 is 2.24 bits per heavy atom. The molecule has 0 fully saturated rings. The highest BCUT2D eigenvalue weighted by Crippen LogP contribution is 2.31. The lowest BCUT2D eigenvalue weighted by molar-refractivity contribution is 0.318. The number of aryl methyl sites for hydroxylation is 3. The van der Waals surface area contributed by atoms with Gasteiger partial charge in [0, 0.05) is 25.1 Å². The van der Waals surface area contributed by atoms with Crippen LogP contribution in [0.1, 0.15) is 29.7 Å². The molecule has 2 aromatic rings. The van der Waals surface area contributed by atoms with Crippen molar-refractivity contribution in [1.82, 2.24) is 14.5 Å². The normalized spacial score (nSPS) is 15.0. The third kappa shape index (κ3) is 2.73. The van der Waals surface area contributed by atoms with Crippen LogP contribution in [0.5, 0.6) is 0 Å². The number of aromatic nitrogens is 3. The fourth-order valence-corrected chi connectivity index (χ4v) is 3.39. The van der Waals surface area contributed by atoms with E-state index in [2.05, 4.69) is 10.1 Å². The van der Waals surface area contributed by atoms with Crippen LogP contribution in [0, 0.1) is 0 Å². The van der Waals surface area contributed by atoms with Gasteiger partial charge in [-0.15, -0.1) is 0 Å². The molecule has 3 N–H and O–H groups in total. The molecule has 0 bridgehead atoms. The van der Waals surface area contributed by atoms with E-state index >= 15 is 0 Å². The van der Waals surface area contributed by atoms with Gasteiger partial charge in [-0.05, 0) is 49.1 Å². The summed E-state index contributed by atoms with van der Waals surface area (Å²) in [6, 6.07) is 2.00. The smallest absolute Gasteiger partial charge is 0.174 e. The molecule has 1 aliphatic rings. The molecule has 6 nitrogen and oxygen atoms in total. The first-order chi connectivity index (χ1) is 10.2. The van der Waals surface area contributed by atoms with Gasteiger partial charge in [-0.1, -0.05) is 5.16 Å². The molecule has 3 rings (SSSR count). The first-order valence-electron chi connectivity index (χ1n) is 6.85. The van der Waals surface area contributed by atoms with Gasteiger partial charge >= 0.3 is 0 Å². The summed E-state index contributed by atoms with van der Waals surface area (Å²) >= 11 is 1.43. The molecular formula is C14H17N5OS. The second-order valence-corrected chi connectivity index (χ2v) is 6.02. The number of pyridine rings is 1. The van der Waals surface area contributed by atoms with Crippen LogP contribution in [0.25, 0.3) is 0 Å². The SMILES string of the molecule is Cn1ccnc1Sc1nc2c(cc1C(N)=NO)CCCC2.